The van der Waals surface area contributed by atoms with Gasteiger partial charge in [0.25, 0.3) is 0 Å². The van der Waals surface area contributed by atoms with Gasteiger partial charge in [0.15, 0.2) is 5.13 Å². The van der Waals surface area contributed by atoms with Gasteiger partial charge in [-0.3, -0.25) is 4.79 Å². The summed E-state index contributed by atoms with van der Waals surface area (Å²) in [4.78, 5) is 16.8. The van der Waals surface area contributed by atoms with E-state index in [1.807, 2.05) is 18.2 Å². The number of amides is 1. The van der Waals surface area contributed by atoms with Crippen molar-refractivity contribution < 1.29 is 22.7 Å². The second-order valence-electron chi connectivity index (χ2n) is 5.56. The van der Waals surface area contributed by atoms with E-state index in [-0.39, 0.29) is 6.54 Å². The molecule has 1 aliphatic heterocycles. The third kappa shape index (κ3) is 3.71. The van der Waals surface area contributed by atoms with Crippen LogP contribution in [0.4, 0.5) is 24.0 Å². The minimum absolute atomic E-state index is 0.0931. The number of carbonyl (C=O) groups is 1. The van der Waals surface area contributed by atoms with E-state index >= 15 is 0 Å². The van der Waals surface area contributed by atoms with Crippen LogP contribution in [0, 0.1) is 0 Å². The number of anilines is 2. The van der Waals surface area contributed by atoms with Crippen LogP contribution < -0.4 is 10.1 Å². The van der Waals surface area contributed by atoms with E-state index in [9.17, 15) is 18.0 Å². The highest BCUT2D eigenvalue weighted by atomic mass is 32.1. The first-order valence-corrected chi connectivity index (χ1v) is 8.51. The van der Waals surface area contributed by atoms with Gasteiger partial charge >= 0.3 is 12.1 Å². The molecular formula is C16H16F3N3O2S. The van der Waals surface area contributed by atoms with Crippen molar-refractivity contribution in [1.82, 2.24) is 9.88 Å². The number of halogens is 3. The van der Waals surface area contributed by atoms with Gasteiger partial charge in [0.1, 0.15) is 5.75 Å². The highest BCUT2D eigenvalue weighted by Gasteiger charge is 2.46. The Kier molecular flexibility index (Phi) is 4.85. The summed E-state index contributed by atoms with van der Waals surface area (Å²) < 4.78 is 43.4. The lowest BCUT2D eigenvalue weighted by Crippen LogP contribution is -2.40. The molecule has 1 N–H and O–H groups in total. The van der Waals surface area contributed by atoms with Crippen LogP contribution in [-0.4, -0.2) is 35.6 Å². The minimum Gasteiger partial charge on any atom is -0.495 e. The Hall–Kier alpha value is -2.29. The van der Waals surface area contributed by atoms with Crippen molar-refractivity contribution in [3.05, 3.63) is 35.3 Å². The molecule has 1 amide bonds. The van der Waals surface area contributed by atoms with Gasteiger partial charge in [0, 0.05) is 11.9 Å². The maximum atomic E-state index is 12.7. The molecule has 1 atom stereocenters. The summed E-state index contributed by atoms with van der Waals surface area (Å²) in [7, 11) is 1.55. The molecule has 0 aliphatic carbocycles. The van der Waals surface area contributed by atoms with Crippen molar-refractivity contribution in [3.63, 3.8) is 0 Å². The summed E-state index contributed by atoms with van der Waals surface area (Å²) in [5.41, 5.74) is 1.18. The third-order valence-corrected chi connectivity index (χ3v) is 4.74. The maximum absolute atomic E-state index is 12.7. The summed E-state index contributed by atoms with van der Waals surface area (Å²) in [5.74, 6) is -1.17. The molecule has 1 aliphatic rings. The topological polar surface area (TPSA) is 54.5 Å². The number of hydrogen-bond acceptors (Lipinski definition) is 5. The van der Waals surface area contributed by atoms with Gasteiger partial charge in [-0.15, -0.1) is 11.3 Å². The number of rotatable bonds is 4. The predicted molar refractivity (Wildman–Crippen MR) is 88.1 cm³/mol. The number of nitrogens with one attached hydrogen (secondary N) is 1. The number of benzene rings is 1. The number of para-hydroxylation sites is 2. The van der Waals surface area contributed by atoms with Gasteiger partial charge in [0.05, 0.1) is 24.5 Å². The Bertz CT molecular complexity index is 763. The quantitative estimate of drug-likeness (QED) is 0.878. The zero-order chi connectivity index (χ0) is 18.0. The maximum Gasteiger partial charge on any atom is 0.471 e. The first-order valence-electron chi connectivity index (χ1n) is 7.63. The fourth-order valence-electron chi connectivity index (χ4n) is 2.84. The third-order valence-electron chi connectivity index (χ3n) is 3.97. The molecule has 0 spiro atoms. The Labute approximate surface area is 146 Å². The molecule has 2 aromatic rings. The summed E-state index contributed by atoms with van der Waals surface area (Å²) in [5, 5.41) is 5.32. The standard InChI is InChI=1S/C16H16F3N3O2S/c1-24-13-7-3-2-5-10(13)20-15-21-11(9-25-15)12-6-4-8-22(12)14(23)16(17,18)19/h2-3,5,7,9,12H,4,6,8H2,1H3,(H,20,21)/t12-/m1/s1. The lowest BCUT2D eigenvalue weighted by molar-refractivity contribution is -0.186. The van der Waals surface area contributed by atoms with E-state index < -0.39 is 18.1 Å². The number of carbonyl (C=O) groups excluding carboxylic acids is 1. The minimum atomic E-state index is -4.86. The second-order valence-corrected chi connectivity index (χ2v) is 6.42. The number of aromatic nitrogens is 1. The van der Waals surface area contributed by atoms with E-state index in [1.54, 1.807) is 18.6 Å². The zero-order valence-corrected chi connectivity index (χ0v) is 14.2. The number of alkyl halides is 3. The van der Waals surface area contributed by atoms with Crippen LogP contribution in [-0.2, 0) is 4.79 Å². The van der Waals surface area contributed by atoms with Crippen molar-refractivity contribution in [2.45, 2.75) is 25.1 Å². The van der Waals surface area contributed by atoms with Crippen molar-refractivity contribution in [2.75, 3.05) is 19.0 Å². The largest absolute Gasteiger partial charge is 0.495 e. The molecule has 0 radical (unpaired) electrons. The van der Waals surface area contributed by atoms with Crippen molar-refractivity contribution >= 4 is 28.1 Å². The molecule has 0 bridgehead atoms. The Morgan fingerprint density at radius 2 is 2.16 bits per heavy atom. The van der Waals surface area contributed by atoms with Crippen LogP contribution in [0.2, 0.25) is 0 Å². The highest BCUT2D eigenvalue weighted by molar-refractivity contribution is 7.13. The molecule has 0 unspecified atom stereocenters. The molecule has 0 saturated carbocycles. The molecule has 1 aromatic heterocycles. The number of ether oxygens (including phenoxy) is 1. The van der Waals surface area contributed by atoms with Crippen LogP contribution >= 0.6 is 11.3 Å². The van der Waals surface area contributed by atoms with Crippen LogP contribution in [0.3, 0.4) is 0 Å². The lowest BCUT2D eigenvalue weighted by Gasteiger charge is -2.24. The van der Waals surface area contributed by atoms with Crippen molar-refractivity contribution in [2.24, 2.45) is 0 Å². The van der Waals surface area contributed by atoms with E-state index in [4.69, 9.17) is 4.74 Å². The van der Waals surface area contributed by atoms with Crippen molar-refractivity contribution in [3.8, 4) is 5.75 Å². The first kappa shape index (κ1) is 17.5. The molecular weight excluding hydrogens is 355 g/mol. The Morgan fingerprint density at radius 1 is 1.40 bits per heavy atom. The summed E-state index contributed by atoms with van der Waals surface area (Å²) in [6.45, 7) is 0.0931. The molecule has 1 fully saturated rings. The van der Waals surface area contributed by atoms with E-state index in [0.717, 1.165) is 4.90 Å². The number of thiazole rings is 1. The zero-order valence-electron chi connectivity index (χ0n) is 13.3. The fourth-order valence-corrected chi connectivity index (χ4v) is 3.61. The second kappa shape index (κ2) is 6.91. The molecule has 3 rings (SSSR count). The molecule has 5 nitrogen and oxygen atoms in total. The number of methoxy groups -OCH3 is 1. The normalized spacial score (nSPS) is 17.6. The Morgan fingerprint density at radius 3 is 2.88 bits per heavy atom. The lowest BCUT2D eigenvalue weighted by atomic mass is 10.1. The smallest absolute Gasteiger partial charge is 0.471 e. The van der Waals surface area contributed by atoms with Crippen LogP contribution in [0.5, 0.6) is 5.75 Å². The summed E-state index contributed by atoms with van der Waals surface area (Å²) >= 11 is 1.27. The molecule has 1 saturated heterocycles. The molecule has 2 heterocycles. The average Bonchev–Trinajstić information content (AvgIpc) is 3.22. The van der Waals surface area contributed by atoms with Crippen LogP contribution in [0.15, 0.2) is 29.6 Å². The van der Waals surface area contributed by atoms with Crippen LogP contribution in [0.1, 0.15) is 24.6 Å². The predicted octanol–water partition coefficient (Wildman–Crippen LogP) is 4.12. The molecule has 134 valence electrons. The molecule has 25 heavy (non-hydrogen) atoms. The van der Waals surface area contributed by atoms with Gasteiger partial charge < -0.3 is 15.0 Å². The van der Waals surface area contributed by atoms with Gasteiger partial charge in [-0.1, -0.05) is 12.1 Å². The SMILES string of the molecule is COc1ccccc1Nc1nc([C@H]2CCCN2C(=O)C(F)(F)F)cs1. The number of nitrogens with zero attached hydrogens (tertiary/aromatic N) is 2. The highest BCUT2D eigenvalue weighted by Crippen LogP contribution is 2.37. The van der Waals surface area contributed by atoms with E-state index in [2.05, 4.69) is 10.3 Å². The van der Waals surface area contributed by atoms with Gasteiger partial charge in [-0.25, -0.2) is 4.98 Å². The monoisotopic (exact) mass is 371 g/mol. The van der Waals surface area contributed by atoms with Gasteiger partial charge in [-0.05, 0) is 25.0 Å². The van der Waals surface area contributed by atoms with E-state index in [0.29, 0.717) is 35.1 Å². The first-order chi connectivity index (χ1) is 11.9. The van der Waals surface area contributed by atoms with Crippen molar-refractivity contribution in [1.29, 1.82) is 0 Å². The average molecular weight is 371 g/mol. The Balaban J connectivity index is 1.78. The fraction of sp³-hybridized carbons (Fsp3) is 0.375. The summed E-state index contributed by atoms with van der Waals surface area (Å²) in [6.07, 6.45) is -3.87. The number of hydrogen-bond donors (Lipinski definition) is 1. The van der Waals surface area contributed by atoms with Gasteiger partial charge in [-0.2, -0.15) is 13.2 Å². The summed E-state index contributed by atoms with van der Waals surface area (Å²) in [6, 6.07) is 6.63. The number of likely N-dealkylation sites (tertiary alicyclic amines) is 1. The van der Waals surface area contributed by atoms with E-state index in [1.165, 1.54) is 11.3 Å². The molecule has 1 aromatic carbocycles. The van der Waals surface area contributed by atoms with Gasteiger partial charge in [0.2, 0.25) is 0 Å². The molecule has 9 heteroatoms. The van der Waals surface area contributed by atoms with Crippen LogP contribution in [0.25, 0.3) is 0 Å².